The Kier molecular flexibility index (Phi) is 4.74. The fourth-order valence-electron chi connectivity index (χ4n) is 1.86. The number of ether oxygens (including phenoxy) is 1. The molecule has 1 aliphatic heterocycles. The van der Waals surface area contributed by atoms with Gasteiger partial charge >= 0.3 is 0 Å². The number of morpholine rings is 1. The molecule has 4 nitrogen and oxygen atoms in total. The van der Waals surface area contributed by atoms with Crippen molar-refractivity contribution in [3.8, 4) is 0 Å². The molecule has 1 amide bonds. The molecule has 0 saturated carbocycles. The van der Waals surface area contributed by atoms with Crippen molar-refractivity contribution in [1.29, 1.82) is 0 Å². The molecule has 1 saturated heterocycles. The number of amides is 1. The number of nitrogens with one attached hydrogen (secondary N) is 2. The smallest absolute Gasteiger partial charge is 0.226 e. The second-order valence-corrected chi connectivity index (χ2v) is 5.30. The number of carbonyl (C=O) groups excluding carboxylic acids is 1. The third-order valence-electron chi connectivity index (χ3n) is 2.89. The van der Waals surface area contributed by atoms with Gasteiger partial charge in [-0.2, -0.15) is 0 Å². The van der Waals surface area contributed by atoms with Crippen LogP contribution < -0.4 is 10.6 Å². The van der Waals surface area contributed by atoms with E-state index in [1.807, 2.05) is 25.1 Å². The van der Waals surface area contributed by atoms with E-state index in [4.69, 9.17) is 4.74 Å². The van der Waals surface area contributed by atoms with Crippen LogP contribution in [0, 0.1) is 6.92 Å². The fourth-order valence-corrected chi connectivity index (χ4v) is 2.24. The molecule has 1 atom stereocenters. The molecule has 2 N–H and O–H groups in total. The first-order valence-electron chi connectivity index (χ1n) is 6.02. The third-order valence-corrected chi connectivity index (χ3v) is 3.74. The maximum absolute atomic E-state index is 11.9. The molecule has 0 spiro atoms. The van der Waals surface area contributed by atoms with E-state index in [9.17, 15) is 4.79 Å². The van der Waals surface area contributed by atoms with Crippen LogP contribution in [0.1, 0.15) is 12.0 Å². The molecule has 2 rings (SSSR count). The summed E-state index contributed by atoms with van der Waals surface area (Å²) in [5.74, 6) is 0.00810. The average molecular weight is 313 g/mol. The van der Waals surface area contributed by atoms with Gasteiger partial charge in [-0.05, 0) is 24.6 Å². The molecule has 0 aromatic heterocycles. The van der Waals surface area contributed by atoms with Crippen LogP contribution in [-0.4, -0.2) is 31.7 Å². The zero-order chi connectivity index (χ0) is 13.0. The van der Waals surface area contributed by atoms with Gasteiger partial charge in [-0.15, -0.1) is 0 Å². The summed E-state index contributed by atoms with van der Waals surface area (Å²) in [5, 5.41) is 6.15. The SMILES string of the molecule is Cc1ccc(NC(=O)CC2COCCN2)cc1Br. The summed E-state index contributed by atoms with van der Waals surface area (Å²) in [6.07, 6.45) is 0.436. The van der Waals surface area contributed by atoms with E-state index < -0.39 is 0 Å². The molecule has 0 aliphatic carbocycles. The summed E-state index contributed by atoms with van der Waals surface area (Å²) < 4.78 is 6.32. The van der Waals surface area contributed by atoms with Crippen molar-refractivity contribution >= 4 is 27.5 Å². The van der Waals surface area contributed by atoms with Gasteiger partial charge in [0.15, 0.2) is 0 Å². The van der Waals surface area contributed by atoms with Crippen molar-refractivity contribution in [2.24, 2.45) is 0 Å². The quantitative estimate of drug-likeness (QED) is 0.898. The summed E-state index contributed by atoms with van der Waals surface area (Å²) in [6, 6.07) is 5.91. The van der Waals surface area contributed by atoms with Crippen LogP contribution in [0.2, 0.25) is 0 Å². The van der Waals surface area contributed by atoms with Gasteiger partial charge in [0.1, 0.15) is 0 Å². The number of anilines is 1. The monoisotopic (exact) mass is 312 g/mol. The maximum Gasteiger partial charge on any atom is 0.226 e. The van der Waals surface area contributed by atoms with Gasteiger partial charge in [0, 0.05) is 29.2 Å². The molecule has 1 heterocycles. The Labute approximate surface area is 115 Å². The number of benzene rings is 1. The van der Waals surface area contributed by atoms with Gasteiger partial charge < -0.3 is 15.4 Å². The van der Waals surface area contributed by atoms with Crippen LogP contribution in [-0.2, 0) is 9.53 Å². The predicted octanol–water partition coefficient (Wildman–Crippen LogP) is 2.07. The van der Waals surface area contributed by atoms with Crippen LogP contribution in [0.25, 0.3) is 0 Å². The molecule has 1 fully saturated rings. The topological polar surface area (TPSA) is 50.4 Å². The summed E-state index contributed by atoms with van der Waals surface area (Å²) in [6.45, 7) is 4.15. The third kappa shape index (κ3) is 3.80. The van der Waals surface area contributed by atoms with E-state index in [-0.39, 0.29) is 11.9 Å². The van der Waals surface area contributed by atoms with Gasteiger partial charge in [0.2, 0.25) is 5.91 Å². The predicted molar refractivity (Wildman–Crippen MR) is 74.7 cm³/mol. The lowest BCUT2D eigenvalue weighted by molar-refractivity contribution is -0.117. The zero-order valence-electron chi connectivity index (χ0n) is 10.3. The molecule has 0 bridgehead atoms. The highest BCUT2D eigenvalue weighted by Crippen LogP contribution is 2.20. The van der Waals surface area contributed by atoms with E-state index in [1.165, 1.54) is 0 Å². The van der Waals surface area contributed by atoms with E-state index in [1.54, 1.807) is 0 Å². The van der Waals surface area contributed by atoms with Crippen molar-refractivity contribution in [1.82, 2.24) is 5.32 Å². The average Bonchev–Trinajstić information content (AvgIpc) is 2.35. The van der Waals surface area contributed by atoms with Crippen molar-refractivity contribution in [3.05, 3.63) is 28.2 Å². The molecule has 1 aliphatic rings. The fraction of sp³-hybridized carbons (Fsp3) is 0.462. The Balaban J connectivity index is 1.88. The van der Waals surface area contributed by atoms with Crippen molar-refractivity contribution < 1.29 is 9.53 Å². The van der Waals surface area contributed by atoms with Crippen LogP contribution in [0.5, 0.6) is 0 Å². The van der Waals surface area contributed by atoms with Crippen molar-refractivity contribution in [2.75, 3.05) is 25.1 Å². The lowest BCUT2D eigenvalue weighted by atomic mass is 10.2. The number of aryl methyl sites for hydroxylation is 1. The summed E-state index contributed by atoms with van der Waals surface area (Å²) in [5.41, 5.74) is 1.96. The second-order valence-electron chi connectivity index (χ2n) is 4.44. The second kappa shape index (κ2) is 6.31. The molecular weight excluding hydrogens is 296 g/mol. The molecule has 18 heavy (non-hydrogen) atoms. The Bertz CT molecular complexity index is 431. The van der Waals surface area contributed by atoms with Crippen LogP contribution >= 0.6 is 15.9 Å². The van der Waals surface area contributed by atoms with Gasteiger partial charge in [0.25, 0.3) is 0 Å². The summed E-state index contributed by atoms with van der Waals surface area (Å²) >= 11 is 3.45. The minimum atomic E-state index is 0.00810. The molecule has 1 aromatic carbocycles. The minimum absolute atomic E-state index is 0.00810. The summed E-state index contributed by atoms with van der Waals surface area (Å²) in [7, 11) is 0. The molecule has 0 radical (unpaired) electrons. The highest BCUT2D eigenvalue weighted by atomic mass is 79.9. The van der Waals surface area contributed by atoms with Crippen molar-refractivity contribution in [2.45, 2.75) is 19.4 Å². The van der Waals surface area contributed by atoms with E-state index >= 15 is 0 Å². The molecule has 1 unspecified atom stereocenters. The number of hydrogen-bond acceptors (Lipinski definition) is 3. The normalized spacial score (nSPS) is 19.6. The first kappa shape index (κ1) is 13.5. The Morgan fingerprint density at radius 3 is 3.11 bits per heavy atom. The van der Waals surface area contributed by atoms with Crippen molar-refractivity contribution in [3.63, 3.8) is 0 Å². The number of hydrogen-bond donors (Lipinski definition) is 2. The zero-order valence-corrected chi connectivity index (χ0v) is 11.9. The molecule has 5 heteroatoms. The van der Waals surface area contributed by atoms with Gasteiger partial charge in [-0.3, -0.25) is 4.79 Å². The Morgan fingerprint density at radius 2 is 2.44 bits per heavy atom. The highest BCUT2D eigenvalue weighted by molar-refractivity contribution is 9.10. The number of carbonyl (C=O) groups is 1. The summed E-state index contributed by atoms with van der Waals surface area (Å²) in [4.78, 5) is 11.9. The first-order valence-corrected chi connectivity index (χ1v) is 6.81. The Hall–Kier alpha value is -0.910. The van der Waals surface area contributed by atoms with E-state index in [0.29, 0.717) is 13.0 Å². The van der Waals surface area contributed by atoms with Crippen LogP contribution in [0.4, 0.5) is 5.69 Å². The van der Waals surface area contributed by atoms with Crippen LogP contribution in [0.3, 0.4) is 0 Å². The molecule has 1 aromatic rings. The van der Waals surface area contributed by atoms with Crippen LogP contribution in [0.15, 0.2) is 22.7 Å². The van der Waals surface area contributed by atoms with Gasteiger partial charge in [-0.1, -0.05) is 22.0 Å². The largest absolute Gasteiger partial charge is 0.378 e. The first-order chi connectivity index (χ1) is 8.65. The Morgan fingerprint density at radius 1 is 1.61 bits per heavy atom. The number of rotatable bonds is 3. The molecule has 98 valence electrons. The number of halogens is 1. The lowest BCUT2D eigenvalue weighted by Gasteiger charge is -2.23. The molecular formula is C13H17BrN2O2. The maximum atomic E-state index is 11.9. The highest BCUT2D eigenvalue weighted by Gasteiger charge is 2.16. The van der Waals surface area contributed by atoms with E-state index in [2.05, 4.69) is 26.6 Å². The standard InChI is InChI=1S/C13H17BrN2O2/c1-9-2-3-10(6-12(9)14)16-13(17)7-11-8-18-5-4-15-11/h2-3,6,11,15H,4-5,7-8H2,1H3,(H,16,17). The van der Waals surface area contributed by atoms with E-state index in [0.717, 1.165) is 28.9 Å². The lowest BCUT2D eigenvalue weighted by Crippen LogP contribution is -2.43. The van der Waals surface area contributed by atoms with Gasteiger partial charge in [-0.25, -0.2) is 0 Å². The van der Waals surface area contributed by atoms with Gasteiger partial charge in [0.05, 0.1) is 13.2 Å². The minimum Gasteiger partial charge on any atom is -0.378 e.